The molecule has 3 rings (SSSR count). The number of benzene rings is 1. The lowest BCUT2D eigenvalue weighted by Crippen LogP contribution is -2.15. The van der Waals surface area contributed by atoms with Gasteiger partial charge in [0.15, 0.2) is 5.82 Å². The van der Waals surface area contributed by atoms with Crippen molar-refractivity contribution < 1.29 is 0 Å². The fourth-order valence-electron chi connectivity index (χ4n) is 2.06. The third kappa shape index (κ3) is 2.23. The van der Waals surface area contributed by atoms with Gasteiger partial charge in [-0.3, -0.25) is 4.57 Å². The van der Waals surface area contributed by atoms with Crippen LogP contribution in [0, 0.1) is 0 Å². The topological polar surface area (TPSA) is 69.6 Å². The van der Waals surface area contributed by atoms with Crippen LogP contribution in [0.2, 0.25) is 5.02 Å². The van der Waals surface area contributed by atoms with E-state index >= 15 is 0 Å². The minimum absolute atomic E-state index is 0.367. The van der Waals surface area contributed by atoms with E-state index in [0.717, 1.165) is 11.0 Å². The highest BCUT2D eigenvalue weighted by molar-refractivity contribution is 7.80. The Morgan fingerprint density at radius 1 is 1.35 bits per heavy atom. The van der Waals surface area contributed by atoms with Gasteiger partial charge in [0.05, 0.1) is 28.6 Å². The minimum atomic E-state index is 0.367. The minimum Gasteiger partial charge on any atom is -0.393 e. The molecule has 2 heterocycles. The zero-order valence-corrected chi connectivity index (χ0v) is 11.9. The van der Waals surface area contributed by atoms with Crippen molar-refractivity contribution in [2.75, 3.05) is 0 Å². The normalized spacial score (nSPS) is 10.8. The molecule has 2 N–H and O–H groups in total. The molecule has 0 saturated carbocycles. The molecule has 0 aliphatic heterocycles. The van der Waals surface area contributed by atoms with Crippen molar-refractivity contribution in [2.45, 2.75) is 6.42 Å². The van der Waals surface area contributed by atoms with Crippen LogP contribution in [0.15, 0.2) is 36.8 Å². The molecule has 20 heavy (non-hydrogen) atoms. The van der Waals surface area contributed by atoms with Crippen molar-refractivity contribution >= 4 is 39.8 Å². The standard InChI is InChI=1S/C13H10ClN5S/c14-8-6-16-7-17-13(8)19-10-4-2-1-3-9(10)18-12(19)5-11(15)20/h1-4,6-7H,5H2,(H2,15,20). The van der Waals surface area contributed by atoms with E-state index < -0.39 is 0 Å². The Kier molecular flexibility index (Phi) is 3.33. The monoisotopic (exact) mass is 303 g/mol. The third-order valence-corrected chi connectivity index (χ3v) is 3.23. The van der Waals surface area contributed by atoms with Crippen molar-refractivity contribution in [2.24, 2.45) is 5.73 Å². The van der Waals surface area contributed by atoms with Crippen LogP contribution in [0.5, 0.6) is 0 Å². The molecule has 0 amide bonds. The van der Waals surface area contributed by atoms with Crippen LogP contribution in [-0.4, -0.2) is 24.5 Å². The van der Waals surface area contributed by atoms with Gasteiger partial charge >= 0.3 is 0 Å². The molecule has 1 aromatic carbocycles. The summed E-state index contributed by atoms with van der Waals surface area (Å²) in [5, 5.41) is 0.444. The summed E-state index contributed by atoms with van der Waals surface area (Å²) in [5.41, 5.74) is 7.39. The van der Waals surface area contributed by atoms with Crippen molar-refractivity contribution in [1.82, 2.24) is 19.5 Å². The number of thiocarbonyl (C=S) groups is 1. The van der Waals surface area contributed by atoms with Crippen LogP contribution in [-0.2, 0) is 6.42 Å². The quantitative estimate of drug-likeness (QED) is 0.752. The van der Waals surface area contributed by atoms with Gasteiger partial charge < -0.3 is 5.73 Å². The van der Waals surface area contributed by atoms with E-state index in [1.807, 2.05) is 28.8 Å². The molecule has 0 atom stereocenters. The molecule has 5 nitrogen and oxygen atoms in total. The van der Waals surface area contributed by atoms with Crippen LogP contribution >= 0.6 is 23.8 Å². The van der Waals surface area contributed by atoms with Crippen molar-refractivity contribution in [3.05, 3.63) is 47.6 Å². The van der Waals surface area contributed by atoms with Gasteiger partial charge in [-0.2, -0.15) is 0 Å². The molecular formula is C13H10ClN5S. The summed E-state index contributed by atoms with van der Waals surface area (Å²) in [5.74, 6) is 1.28. The van der Waals surface area contributed by atoms with Gasteiger partial charge in [-0.25, -0.2) is 15.0 Å². The second kappa shape index (κ2) is 5.15. The van der Waals surface area contributed by atoms with Crippen molar-refractivity contribution in [3.63, 3.8) is 0 Å². The molecule has 3 aromatic rings. The largest absolute Gasteiger partial charge is 0.393 e. The van der Waals surface area contributed by atoms with E-state index in [9.17, 15) is 0 Å². The number of imidazole rings is 1. The molecule has 0 saturated heterocycles. The molecule has 0 spiro atoms. The van der Waals surface area contributed by atoms with Gasteiger partial charge in [0.2, 0.25) is 0 Å². The molecule has 0 bridgehead atoms. The fourth-order valence-corrected chi connectivity index (χ4v) is 2.38. The predicted octanol–water partition coefficient (Wildman–Crippen LogP) is 2.30. The number of rotatable bonds is 3. The summed E-state index contributed by atoms with van der Waals surface area (Å²) >= 11 is 11.2. The molecule has 0 aliphatic carbocycles. The smallest absolute Gasteiger partial charge is 0.160 e. The zero-order valence-electron chi connectivity index (χ0n) is 10.3. The Balaban J connectivity index is 2.31. The lowest BCUT2D eigenvalue weighted by atomic mass is 10.3. The second-order valence-electron chi connectivity index (χ2n) is 4.19. The first-order valence-electron chi connectivity index (χ1n) is 5.87. The first-order valence-corrected chi connectivity index (χ1v) is 6.66. The summed E-state index contributed by atoms with van der Waals surface area (Å²) in [7, 11) is 0. The summed E-state index contributed by atoms with van der Waals surface area (Å²) in [6.45, 7) is 0. The number of fused-ring (bicyclic) bond motifs is 1. The number of aromatic nitrogens is 4. The van der Waals surface area contributed by atoms with Crippen LogP contribution in [0.25, 0.3) is 16.9 Å². The molecule has 0 unspecified atom stereocenters. The SMILES string of the molecule is NC(=S)Cc1nc2ccccc2n1-c1ncncc1Cl. The van der Waals surface area contributed by atoms with Crippen LogP contribution in [0.3, 0.4) is 0 Å². The van der Waals surface area contributed by atoms with Gasteiger partial charge in [0, 0.05) is 0 Å². The van der Waals surface area contributed by atoms with E-state index in [4.69, 9.17) is 29.6 Å². The lowest BCUT2D eigenvalue weighted by Gasteiger charge is -2.08. The average molecular weight is 304 g/mol. The Bertz CT molecular complexity index is 798. The Morgan fingerprint density at radius 3 is 2.90 bits per heavy atom. The van der Waals surface area contributed by atoms with E-state index in [2.05, 4.69) is 15.0 Å². The number of para-hydroxylation sites is 2. The molecule has 2 aromatic heterocycles. The van der Waals surface area contributed by atoms with Crippen molar-refractivity contribution in [1.29, 1.82) is 0 Å². The maximum Gasteiger partial charge on any atom is 0.160 e. The van der Waals surface area contributed by atoms with Gasteiger partial charge in [0.25, 0.3) is 0 Å². The molecular weight excluding hydrogens is 294 g/mol. The summed E-state index contributed by atoms with van der Waals surface area (Å²) < 4.78 is 1.86. The highest BCUT2D eigenvalue weighted by Gasteiger charge is 2.15. The van der Waals surface area contributed by atoms with Crippen LogP contribution in [0.1, 0.15) is 5.82 Å². The molecule has 0 aliphatic rings. The van der Waals surface area contributed by atoms with E-state index in [1.165, 1.54) is 6.33 Å². The van der Waals surface area contributed by atoms with E-state index in [-0.39, 0.29) is 0 Å². The van der Waals surface area contributed by atoms with Crippen LogP contribution < -0.4 is 5.73 Å². The van der Waals surface area contributed by atoms with E-state index in [0.29, 0.717) is 28.1 Å². The molecule has 0 fully saturated rings. The lowest BCUT2D eigenvalue weighted by molar-refractivity contribution is 0.921. The fraction of sp³-hybridized carbons (Fsp3) is 0.0769. The highest BCUT2D eigenvalue weighted by atomic mass is 35.5. The van der Waals surface area contributed by atoms with Gasteiger partial charge in [0.1, 0.15) is 17.2 Å². The van der Waals surface area contributed by atoms with Gasteiger partial charge in [-0.1, -0.05) is 36.0 Å². The van der Waals surface area contributed by atoms with Gasteiger partial charge in [-0.15, -0.1) is 0 Å². The van der Waals surface area contributed by atoms with Crippen LogP contribution in [0.4, 0.5) is 0 Å². The number of hydrogen-bond donors (Lipinski definition) is 1. The first-order chi connectivity index (χ1) is 9.66. The van der Waals surface area contributed by atoms with Crippen molar-refractivity contribution in [3.8, 4) is 5.82 Å². The zero-order chi connectivity index (χ0) is 14.1. The third-order valence-electron chi connectivity index (χ3n) is 2.82. The predicted molar refractivity (Wildman–Crippen MR) is 82.2 cm³/mol. The first kappa shape index (κ1) is 13.0. The highest BCUT2D eigenvalue weighted by Crippen LogP contribution is 2.24. The number of hydrogen-bond acceptors (Lipinski definition) is 4. The molecule has 100 valence electrons. The molecule has 0 radical (unpaired) electrons. The van der Waals surface area contributed by atoms with E-state index in [1.54, 1.807) is 6.20 Å². The summed E-state index contributed by atoms with van der Waals surface area (Å²) in [6.07, 6.45) is 3.37. The number of nitrogens with zero attached hydrogens (tertiary/aromatic N) is 4. The Morgan fingerprint density at radius 2 is 2.15 bits per heavy atom. The Labute approximate surface area is 125 Å². The second-order valence-corrected chi connectivity index (χ2v) is 5.12. The maximum absolute atomic E-state index is 6.19. The maximum atomic E-state index is 6.19. The molecule has 7 heteroatoms. The number of halogens is 1. The summed E-state index contributed by atoms with van der Waals surface area (Å²) in [6, 6.07) is 7.72. The van der Waals surface area contributed by atoms with Gasteiger partial charge in [-0.05, 0) is 12.1 Å². The average Bonchev–Trinajstić information content (AvgIpc) is 2.76. The number of nitrogens with two attached hydrogens (primary N) is 1. The summed E-state index contributed by atoms with van der Waals surface area (Å²) in [4.78, 5) is 13.0. The Hall–Kier alpha value is -2.05.